The second-order valence-corrected chi connectivity index (χ2v) is 7.39. The Labute approximate surface area is 141 Å². The van der Waals surface area contributed by atoms with Gasteiger partial charge in [-0.15, -0.1) is 0 Å². The highest BCUT2D eigenvalue weighted by Crippen LogP contribution is 2.26. The molecule has 1 aliphatic carbocycles. The largest absolute Gasteiger partial charge is 0.381 e. The molecule has 2 fully saturated rings. The van der Waals surface area contributed by atoms with E-state index in [-0.39, 0.29) is 5.54 Å². The molecule has 0 bridgehead atoms. The molecule has 1 heterocycles. The van der Waals surface area contributed by atoms with Gasteiger partial charge in [0.25, 0.3) is 0 Å². The highest BCUT2D eigenvalue weighted by Gasteiger charge is 2.34. The van der Waals surface area contributed by atoms with Crippen molar-refractivity contribution < 1.29 is 4.74 Å². The second-order valence-electron chi connectivity index (χ2n) is 7.39. The van der Waals surface area contributed by atoms with Crippen molar-refractivity contribution in [3.8, 4) is 0 Å². The molecule has 0 spiro atoms. The van der Waals surface area contributed by atoms with Crippen LogP contribution in [0.2, 0.25) is 0 Å². The summed E-state index contributed by atoms with van der Waals surface area (Å²) in [5, 5.41) is 7.82. The summed E-state index contributed by atoms with van der Waals surface area (Å²) in [6, 6.07) is 11.9. The van der Waals surface area contributed by atoms with E-state index in [0.29, 0.717) is 6.04 Å². The van der Waals surface area contributed by atoms with Crippen LogP contribution in [-0.4, -0.2) is 31.3 Å². The Morgan fingerprint density at radius 3 is 2.48 bits per heavy atom. The van der Waals surface area contributed by atoms with Crippen LogP contribution in [0, 0.1) is 0 Å². The van der Waals surface area contributed by atoms with Crippen molar-refractivity contribution in [3.05, 3.63) is 35.9 Å². The Hall–Kier alpha value is -0.900. The third-order valence-electron chi connectivity index (χ3n) is 5.61. The van der Waals surface area contributed by atoms with Crippen LogP contribution >= 0.6 is 0 Å². The van der Waals surface area contributed by atoms with E-state index in [1.54, 1.807) is 0 Å². The molecule has 0 amide bonds. The van der Waals surface area contributed by atoms with E-state index in [1.807, 2.05) is 0 Å². The minimum atomic E-state index is 0.172. The number of hydrogen-bond donors (Lipinski definition) is 2. The topological polar surface area (TPSA) is 33.3 Å². The number of hydrogen-bond acceptors (Lipinski definition) is 3. The summed E-state index contributed by atoms with van der Waals surface area (Å²) < 4.78 is 5.64. The maximum atomic E-state index is 5.64. The molecule has 1 aromatic rings. The first kappa shape index (κ1) is 16.9. The maximum absolute atomic E-state index is 5.64. The highest BCUT2D eigenvalue weighted by atomic mass is 16.5. The smallest absolute Gasteiger partial charge is 0.0484 e. The molecule has 1 aromatic carbocycles. The fraction of sp³-hybridized carbons (Fsp3) is 0.700. The van der Waals surface area contributed by atoms with Gasteiger partial charge < -0.3 is 15.4 Å². The van der Waals surface area contributed by atoms with Crippen molar-refractivity contribution in [2.75, 3.05) is 19.8 Å². The molecule has 128 valence electrons. The summed E-state index contributed by atoms with van der Waals surface area (Å²) in [5.41, 5.74) is 1.54. The number of ether oxygens (including phenoxy) is 1. The maximum Gasteiger partial charge on any atom is 0.0484 e. The molecule has 23 heavy (non-hydrogen) atoms. The van der Waals surface area contributed by atoms with Crippen molar-refractivity contribution >= 4 is 0 Å². The number of nitrogens with one attached hydrogen (secondary N) is 2. The second kappa shape index (κ2) is 8.27. The van der Waals surface area contributed by atoms with E-state index in [0.717, 1.165) is 38.6 Å². The van der Waals surface area contributed by atoms with Crippen molar-refractivity contribution in [3.63, 3.8) is 0 Å². The minimum absolute atomic E-state index is 0.172. The van der Waals surface area contributed by atoms with Gasteiger partial charge in [-0.3, -0.25) is 0 Å². The Balaban J connectivity index is 1.61. The molecule has 1 unspecified atom stereocenters. The molecule has 3 nitrogen and oxygen atoms in total. The summed E-state index contributed by atoms with van der Waals surface area (Å²) in [5.74, 6) is 0. The van der Waals surface area contributed by atoms with Gasteiger partial charge in [-0.1, -0.05) is 49.6 Å². The molecule has 1 saturated carbocycles. The number of rotatable bonds is 6. The zero-order valence-corrected chi connectivity index (χ0v) is 14.5. The van der Waals surface area contributed by atoms with Gasteiger partial charge in [0.05, 0.1) is 0 Å². The van der Waals surface area contributed by atoms with Gasteiger partial charge >= 0.3 is 0 Å². The van der Waals surface area contributed by atoms with E-state index >= 15 is 0 Å². The molecular formula is C20H32N2O. The van der Waals surface area contributed by atoms with Gasteiger partial charge in [0.1, 0.15) is 0 Å². The van der Waals surface area contributed by atoms with E-state index in [4.69, 9.17) is 4.74 Å². The lowest BCUT2D eigenvalue weighted by molar-refractivity contribution is 0.0321. The van der Waals surface area contributed by atoms with Crippen LogP contribution in [-0.2, 0) is 4.74 Å². The molecule has 1 aliphatic heterocycles. The van der Waals surface area contributed by atoms with Gasteiger partial charge in [-0.25, -0.2) is 0 Å². The molecule has 0 radical (unpaired) electrons. The first-order chi connectivity index (χ1) is 11.3. The van der Waals surface area contributed by atoms with Gasteiger partial charge in [-0.05, 0) is 38.2 Å². The first-order valence-electron chi connectivity index (χ1n) is 9.41. The predicted molar refractivity (Wildman–Crippen MR) is 95.7 cm³/mol. The van der Waals surface area contributed by atoms with Gasteiger partial charge in [-0.2, -0.15) is 0 Å². The van der Waals surface area contributed by atoms with E-state index in [9.17, 15) is 0 Å². The Morgan fingerprint density at radius 1 is 1.09 bits per heavy atom. The van der Waals surface area contributed by atoms with Gasteiger partial charge in [0, 0.05) is 37.4 Å². The lowest BCUT2D eigenvalue weighted by atomic mass is 9.87. The van der Waals surface area contributed by atoms with Crippen LogP contribution in [0.3, 0.4) is 0 Å². The zero-order valence-electron chi connectivity index (χ0n) is 14.5. The zero-order chi connectivity index (χ0) is 16.0. The first-order valence-corrected chi connectivity index (χ1v) is 9.41. The van der Waals surface area contributed by atoms with Crippen molar-refractivity contribution in [2.24, 2.45) is 0 Å². The van der Waals surface area contributed by atoms with E-state index in [2.05, 4.69) is 47.9 Å². The fourth-order valence-corrected chi connectivity index (χ4v) is 4.07. The van der Waals surface area contributed by atoms with E-state index < -0.39 is 0 Å². The third kappa shape index (κ3) is 4.79. The molecular weight excluding hydrogens is 284 g/mol. The monoisotopic (exact) mass is 316 g/mol. The summed E-state index contributed by atoms with van der Waals surface area (Å²) in [7, 11) is 0. The van der Waals surface area contributed by atoms with Crippen LogP contribution in [0.1, 0.15) is 63.5 Å². The molecule has 1 saturated heterocycles. The molecule has 2 N–H and O–H groups in total. The lowest BCUT2D eigenvalue weighted by Crippen LogP contribution is -2.57. The third-order valence-corrected chi connectivity index (χ3v) is 5.61. The van der Waals surface area contributed by atoms with Gasteiger partial charge in [0.15, 0.2) is 0 Å². The molecule has 2 aliphatic rings. The van der Waals surface area contributed by atoms with Crippen LogP contribution in [0.15, 0.2) is 30.3 Å². The Kier molecular flexibility index (Phi) is 6.09. The highest BCUT2D eigenvalue weighted by molar-refractivity contribution is 5.19. The molecule has 1 atom stereocenters. The Bertz CT molecular complexity index is 450. The van der Waals surface area contributed by atoms with Crippen LogP contribution in [0.4, 0.5) is 0 Å². The summed E-state index contributed by atoms with van der Waals surface area (Å²) >= 11 is 0. The fourth-order valence-electron chi connectivity index (χ4n) is 4.07. The summed E-state index contributed by atoms with van der Waals surface area (Å²) in [6.45, 7) is 5.10. The molecule has 3 heteroatoms. The van der Waals surface area contributed by atoms with Crippen LogP contribution < -0.4 is 10.6 Å². The standard InChI is InChI=1S/C20H32N2O/c1-17(18-8-4-2-5-9-18)22-20(12-14-23-15-13-20)16-21-19-10-6-3-7-11-19/h2,4-5,8-9,17,19,21-22H,3,6-7,10-16H2,1H3. The lowest BCUT2D eigenvalue weighted by Gasteiger charge is -2.42. The van der Waals surface area contributed by atoms with Crippen molar-refractivity contribution in [2.45, 2.75) is 69.5 Å². The quantitative estimate of drug-likeness (QED) is 0.837. The molecule has 3 rings (SSSR count). The minimum Gasteiger partial charge on any atom is -0.381 e. The van der Waals surface area contributed by atoms with Crippen molar-refractivity contribution in [1.82, 2.24) is 10.6 Å². The van der Waals surface area contributed by atoms with Crippen LogP contribution in [0.25, 0.3) is 0 Å². The van der Waals surface area contributed by atoms with Gasteiger partial charge in [0.2, 0.25) is 0 Å². The van der Waals surface area contributed by atoms with Crippen LogP contribution in [0.5, 0.6) is 0 Å². The van der Waals surface area contributed by atoms with Crippen molar-refractivity contribution in [1.29, 1.82) is 0 Å². The normalized spacial score (nSPS) is 23.5. The Morgan fingerprint density at radius 2 is 1.78 bits per heavy atom. The summed E-state index contributed by atoms with van der Waals surface area (Å²) in [6.07, 6.45) is 9.10. The average Bonchev–Trinajstić information content (AvgIpc) is 2.62. The number of benzene rings is 1. The van der Waals surface area contributed by atoms with E-state index in [1.165, 1.54) is 37.7 Å². The predicted octanol–water partition coefficient (Wildman–Crippen LogP) is 3.81. The summed E-state index contributed by atoms with van der Waals surface area (Å²) in [4.78, 5) is 0. The molecule has 0 aromatic heterocycles. The SMILES string of the molecule is CC(NC1(CNC2CCCCC2)CCOCC1)c1ccccc1. The average molecular weight is 316 g/mol.